The molecule has 6 nitrogen and oxygen atoms in total. The second kappa shape index (κ2) is 5.19. The van der Waals surface area contributed by atoms with E-state index in [-0.39, 0.29) is 5.56 Å². The van der Waals surface area contributed by atoms with Crippen LogP contribution in [-0.4, -0.2) is 23.9 Å². The lowest BCUT2D eigenvalue weighted by Gasteiger charge is -2.07. The first kappa shape index (κ1) is 12.9. The molecule has 108 valence electrons. The summed E-state index contributed by atoms with van der Waals surface area (Å²) in [7, 11) is 0. The zero-order valence-corrected chi connectivity index (χ0v) is 12.3. The van der Waals surface area contributed by atoms with Gasteiger partial charge in [0.05, 0.1) is 12.2 Å². The van der Waals surface area contributed by atoms with Crippen LogP contribution in [0.5, 0.6) is 0 Å². The lowest BCUT2D eigenvalue weighted by molar-refractivity contribution is 0.776. The average Bonchev–Trinajstić information content (AvgIpc) is 3.17. The van der Waals surface area contributed by atoms with E-state index in [0.717, 1.165) is 11.5 Å². The zero-order valence-electron chi connectivity index (χ0n) is 11.5. The Balaban J connectivity index is 1.74. The van der Waals surface area contributed by atoms with E-state index in [2.05, 4.69) is 15.0 Å². The maximum atomic E-state index is 12.0. The molecular formula is C15H11N5OS. The van der Waals surface area contributed by atoms with Crippen molar-refractivity contribution in [3.8, 4) is 11.5 Å². The van der Waals surface area contributed by atoms with Gasteiger partial charge in [0.25, 0.3) is 5.56 Å². The second-order valence-electron chi connectivity index (χ2n) is 4.74. The second-order valence-corrected chi connectivity index (χ2v) is 5.61. The van der Waals surface area contributed by atoms with E-state index in [1.54, 1.807) is 29.1 Å². The van der Waals surface area contributed by atoms with Gasteiger partial charge in [-0.15, -0.1) is 11.3 Å². The van der Waals surface area contributed by atoms with Gasteiger partial charge in [0.1, 0.15) is 5.69 Å². The van der Waals surface area contributed by atoms with Gasteiger partial charge in [-0.3, -0.25) is 14.2 Å². The van der Waals surface area contributed by atoms with Gasteiger partial charge in [0.15, 0.2) is 10.8 Å². The van der Waals surface area contributed by atoms with E-state index in [4.69, 9.17) is 0 Å². The molecule has 0 radical (unpaired) electrons. The zero-order chi connectivity index (χ0) is 14.9. The highest BCUT2D eigenvalue weighted by atomic mass is 32.1. The van der Waals surface area contributed by atoms with Crippen molar-refractivity contribution in [3.63, 3.8) is 0 Å². The molecule has 0 saturated heterocycles. The summed E-state index contributed by atoms with van der Waals surface area (Å²) in [6.07, 6.45) is 7.05. The van der Waals surface area contributed by atoms with Crippen LogP contribution in [0.25, 0.3) is 16.5 Å². The lowest BCUT2D eigenvalue weighted by atomic mass is 10.3. The molecule has 22 heavy (non-hydrogen) atoms. The first-order valence-electron chi connectivity index (χ1n) is 6.69. The Kier molecular flexibility index (Phi) is 3.05. The molecule has 0 spiro atoms. The highest BCUT2D eigenvalue weighted by Crippen LogP contribution is 2.15. The SMILES string of the molecule is O=c1cc(Cn2ccnc2-c2ccccn2)nc2sccn12. The van der Waals surface area contributed by atoms with Crippen LogP contribution in [0, 0.1) is 0 Å². The van der Waals surface area contributed by atoms with Gasteiger partial charge >= 0.3 is 0 Å². The smallest absolute Gasteiger partial charge is 0.258 e. The van der Waals surface area contributed by atoms with Crippen molar-refractivity contribution >= 4 is 16.3 Å². The summed E-state index contributed by atoms with van der Waals surface area (Å²) >= 11 is 1.44. The van der Waals surface area contributed by atoms with Crippen molar-refractivity contribution in [2.24, 2.45) is 0 Å². The Morgan fingerprint density at radius 1 is 1.14 bits per heavy atom. The van der Waals surface area contributed by atoms with Crippen LogP contribution in [0.4, 0.5) is 0 Å². The molecule has 0 unspecified atom stereocenters. The van der Waals surface area contributed by atoms with E-state index in [1.807, 2.05) is 34.3 Å². The van der Waals surface area contributed by atoms with Crippen molar-refractivity contribution in [1.29, 1.82) is 0 Å². The Bertz CT molecular complexity index is 986. The first-order chi connectivity index (χ1) is 10.8. The Labute approximate surface area is 129 Å². The molecule has 0 aliphatic carbocycles. The molecule has 0 aliphatic heterocycles. The van der Waals surface area contributed by atoms with E-state index < -0.39 is 0 Å². The van der Waals surface area contributed by atoms with Gasteiger partial charge in [0, 0.05) is 36.2 Å². The fourth-order valence-electron chi connectivity index (χ4n) is 2.31. The van der Waals surface area contributed by atoms with Crippen molar-refractivity contribution < 1.29 is 0 Å². The molecule has 4 rings (SSSR count). The fraction of sp³-hybridized carbons (Fsp3) is 0.0667. The number of thiazole rings is 1. The predicted octanol–water partition coefficient (Wildman–Crippen LogP) is 2.06. The molecular weight excluding hydrogens is 298 g/mol. The molecule has 0 aromatic carbocycles. The Hall–Kier alpha value is -2.80. The van der Waals surface area contributed by atoms with E-state index in [9.17, 15) is 4.79 Å². The number of imidazole rings is 1. The van der Waals surface area contributed by atoms with Gasteiger partial charge < -0.3 is 4.57 Å². The number of aromatic nitrogens is 5. The molecule has 0 amide bonds. The highest BCUT2D eigenvalue weighted by Gasteiger charge is 2.09. The lowest BCUT2D eigenvalue weighted by Crippen LogP contribution is -2.14. The quantitative estimate of drug-likeness (QED) is 0.581. The van der Waals surface area contributed by atoms with E-state index in [1.165, 1.54) is 11.3 Å². The van der Waals surface area contributed by atoms with Gasteiger partial charge in [0.2, 0.25) is 0 Å². The van der Waals surface area contributed by atoms with Crippen LogP contribution < -0.4 is 5.56 Å². The number of hydrogen-bond donors (Lipinski definition) is 0. The van der Waals surface area contributed by atoms with Gasteiger partial charge in [-0.05, 0) is 12.1 Å². The molecule has 0 saturated carbocycles. The standard InChI is InChI=1S/C15H11N5OS/c21-13-9-11(18-15-20(13)7-8-22-15)10-19-6-5-17-14(19)12-3-1-2-4-16-12/h1-9H,10H2. The maximum Gasteiger partial charge on any atom is 0.258 e. The van der Waals surface area contributed by atoms with Crippen LogP contribution in [0.15, 0.2) is 59.2 Å². The van der Waals surface area contributed by atoms with Crippen LogP contribution in [-0.2, 0) is 6.54 Å². The third kappa shape index (κ3) is 2.21. The molecule has 4 aromatic heterocycles. The first-order valence-corrected chi connectivity index (χ1v) is 7.57. The molecule has 4 aromatic rings. The van der Waals surface area contributed by atoms with Gasteiger partial charge in [-0.25, -0.2) is 9.97 Å². The number of fused-ring (bicyclic) bond motifs is 1. The van der Waals surface area contributed by atoms with Crippen molar-refractivity contribution in [1.82, 2.24) is 23.9 Å². The van der Waals surface area contributed by atoms with E-state index >= 15 is 0 Å². The van der Waals surface area contributed by atoms with Crippen molar-refractivity contribution in [2.75, 3.05) is 0 Å². The molecule has 0 fully saturated rings. The Morgan fingerprint density at radius 2 is 2.09 bits per heavy atom. The number of hydrogen-bond acceptors (Lipinski definition) is 5. The third-order valence-electron chi connectivity index (χ3n) is 3.30. The summed E-state index contributed by atoms with van der Waals surface area (Å²) in [5.41, 5.74) is 1.44. The predicted molar refractivity (Wildman–Crippen MR) is 83.9 cm³/mol. The molecule has 7 heteroatoms. The van der Waals surface area contributed by atoms with Crippen LogP contribution >= 0.6 is 11.3 Å². The fourth-order valence-corrected chi connectivity index (χ4v) is 3.05. The summed E-state index contributed by atoms with van der Waals surface area (Å²) in [6, 6.07) is 7.25. The van der Waals surface area contributed by atoms with Gasteiger partial charge in [-0.1, -0.05) is 6.07 Å². The third-order valence-corrected chi connectivity index (χ3v) is 4.05. The summed E-state index contributed by atoms with van der Waals surface area (Å²) in [4.78, 5) is 25.9. The molecule has 0 aliphatic rings. The summed E-state index contributed by atoms with van der Waals surface area (Å²) in [5.74, 6) is 0.758. The summed E-state index contributed by atoms with van der Waals surface area (Å²) in [6.45, 7) is 0.482. The van der Waals surface area contributed by atoms with Crippen LogP contribution in [0.1, 0.15) is 5.69 Å². The van der Waals surface area contributed by atoms with Gasteiger partial charge in [-0.2, -0.15) is 0 Å². The summed E-state index contributed by atoms with van der Waals surface area (Å²) < 4.78 is 3.48. The monoisotopic (exact) mass is 309 g/mol. The summed E-state index contributed by atoms with van der Waals surface area (Å²) in [5, 5.41) is 1.85. The minimum absolute atomic E-state index is 0.0687. The largest absolute Gasteiger partial charge is 0.324 e. The minimum Gasteiger partial charge on any atom is -0.324 e. The molecule has 0 atom stereocenters. The number of pyridine rings is 1. The van der Waals surface area contributed by atoms with Crippen molar-refractivity contribution in [2.45, 2.75) is 6.54 Å². The molecule has 4 heterocycles. The highest BCUT2D eigenvalue weighted by molar-refractivity contribution is 7.15. The minimum atomic E-state index is -0.0687. The maximum absolute atomic E-state index is 12.0. The molecule has 0 bridgehead atoms. The normalized spacial score (nSPS) is 11.1. The van der Waals surface area contributed by atoms with Crippen LogP contribution in [0.3, 0.4) is 0 Å². The average molecular weight is 309 g/mol. The number of rotatable bonds is 3. The van der Waals surface area contributed by atoms with Crippen LogP contribution in [0.2, 0.25) is 0 Å². The topological polar surface area (TPSA) is 65.1 Å². The Morgan fingerprint density at radius 3 is 2.95 bits per heavy atom. The number of nitrogens with zero attached hydrogens (tertiary/aromatic N) is 5. The van der Waals surface area contributed by atoms with E-state index in [0.29, 0.717) is 17.2 Å². The van der Waals surface area contributed by atoms with Crippen molar-refractivity contribution in [3.05, 3.63) is 70.5 Å². The molecule has 0 N–H and O–H groups in total.